The Bertz CT molecular complexity index is 1110. The number of benzene rings is 1. The second kappa shape index (κ2) is 11.1. The Morgan fingerprint density at radius 1 is 1.06 bits per heavy atom. The van der Waals surface area contributed by atoms with Crippen LogP contribution in [0.1, 0.15) is 33.7 Å². The number of methoxy groups -OCH3 is 2. The Morgan fingerprint density at radius 2 is 1.88 bits per heavy atom. The van der Waals surface area contributed by atoms with Crippen LogP contribution in [-0.2, 0) is 13.0 Å². The summed E-state index contributed by atoms with van der Waals surface area (Å²) in [6, 6.07) is 8.07. The summed E-state index contributed by atoms with van der Waals surface area (Å²) in [6.45, 7) is 9.12. The highest BCUT2D eigenvalue weighted by molar-refractivity contribution is 7.13. The zero-order chi connectivity index (χ0) is 24.1. The van der Waals surface area contributed by atoms with Crippen molar-refractivity contribution >= 4 is 22.3 Å². The summed E-state index contributed by atoms with van der Waals surface area (Å²) < 4.78 is 13.0. The molecule has 0 saturated carbocycles. The molecule has 0 N–H and O–H groups in total. The van der Waals surface area contributed by atoms with Crippen LogP contribution >= 0.6 is 11.3 Å². The van der Waals surface area contributed by atoms with Gasteiger partial charge in [0.05, 0.1) is 20.8 Å². The number of aromatic nitrogens is 2. The van der Waals surface area contributed by atoms with Gasteiger partial charge in [-0.05, 0) is 50.5 Å². The zero-order valence-corrected chi connectivity index (χ0v) is 21.4. The molecule has 4 rings (SSSR count). The highest BCUT2D eigenvalue weighted by Crippen LogP contribution is 2.28. The second-order valence-corrected chi connectivity index (χ2v) is 9.60. The van der Waals surface area contributed by atoms with Crippen LogP contribution in [0.5, 0.6) is 11.5 Å². The van der Waals surface area contributed by atoms with Crippen molar-refractivity contribution in [3.8, 4) is 11.5 Å². The monoisotopic (exact) mass is 482 g/mol. The molecule has 0 atom stereocenters. The van der Waals surface area contributed by atoms with Crippen molar-refractivity contribution in [1.82, 2.24) is 14.5 Å². The number of hydrogen-bond donors (Lipinski definition) is 0. The largest absolute Gasteiger partial charge is 0.493 e. The lowest BCUT2D eigenvalue weighted by Gasteiger charge is -2.21. The first kappa shape index (κ1) is 24.3. The molecule has 1 fully saturated rings. The third kappa shape index (κ3) is 5.45. The van der Waals surface area contributed by atoms with Gasteiger partial charge >= 0.3 is 0 Å². The molecule has 0 unspecified atom stereocenters. The number of aryl methyl sites for hydroxylation is 2. The average Bonchev–Trinajstić information content (AvgIpc) is 3.40. The Labute approximate surface area is 205 Å². The molecule has 1 aliphatic heterocycles. The van der Waals surface area contributed by atoms with E-state index in [2.05, 4.69) is 39.3 Å². The quantitative estimate of drug-likeness (QED) is 0.426. The molecule has 0 amide bonds. The topological polar surface area (TPSA) is 59.8 Å². The number of carbonyl (C=O) groups is 1. The molecule has 1 saturated heterocycles. The number of rotatable bonds is 9. The van der Waals surface area contributed by atoms with E-state index in [1.807, 2.05) is 29.8 Å². The molecule has 1 aromatic carbocycles. The van der Waals surface area contributed by atoms with Gasteiger partial charge in [0, 0.05) is 61.3 Å². The van der Waals surface area contributed by atoms with Crippen molar-refractivity contribution in [1.29, 1.82) is 0 Å². The first-order chi connectivity index (χ1) is 16.5. The van der Waals surface area contributed by atoms with Crippen LogP contribution in [0.2, 0.25) is 0 Å². The Hall–Kier alpha value is -2.84. The molecule has 3 heterocycles. The molecule has 8 heteroatoms. The molecule has 0 spiro atoms. The summed E-state index contributed by atoms with van der Waals surface area (Å²) in [5.74, 6) is 1.67. The van der Waals surface area contributed by atoms with Crippen molar-refractivity contribution in [2.24, 2.45) is 0 Å². The van der Waals surface area contributed by atoms with E-state index in [1.54, 1.807) is 25.6 Å². The van der Waals surface area contributed by atoms with Gasteiger partial charge in [0.1, 0.15) is 0 Å². The van der Waals surface area contributed by atoms with E-state index < -0.39 is 0 Å². The van der Waals surface area contributed by atoms with E-state index in [0.717, 1.165) is 79.1 Å². The Kier molecular flexibility index (Phi) is 7.90. The van der Waals surface area contributed by atoms with Crippen LogP contribution in [0, 0.1) is 13.8 Å². The number of thiazole rings is 1. The molecular formula is C26H34N4O3S. The van der Waals surface area contributed by atoms with Gasteiger partial charge in [0.2, 0.25) is 0 Å². The SMILES string of the molecule is COc1ccc(CCn2c(C)cc(C(=O)CN3CCCN(c4nccs4)CC3)c2C)cc1OC. The molecule has 2 aromatic heterocycles. The van der Waals surface area contributed by atoms with Crippen molar-refractivity contribution in [3.05, 3.63) is 58.4 Å². The maximum atomic E-state index is 13.2. The molecule has 3 aromatic rings. The van der Waals surface area contributed by atoms with Crippen LogP contribution in [0.25, 0.3) is 0 Å². The summed E-state index contributed by atoms with van der Waals surface area (Å²) in [6.07, 6.45) is 3.74. The Balaban J connectivity index is 1.38. The number of nitrogens with zero attached hydrogens (tertiary/aromatic N) is 4. The number of carbonyl (C=O) groups excluding carboxylic acids is 1. The molecular weight excluding hydrogens is 448 g/mol. The molecule has 0 aliphatic carbocycles. The highest BCUT2D eigenvalue weighted by Gasteiger charge is 2.22. The maximum Gasteiger partial charge on any atom is 0.185 e. The van der Waals surface area contributed by atoms with Crippen LogP contribution in [0.4, 0.5) is 5.13 Å². The van der Waals surface area contributed by atoms with E-state index in [0.29, 0.717) is 6.54 Å². The molecule has 0 bridgehead atoms. The third-order valence-electron chi connectivity index (χ3n) is 6.59. The van der Waals surface area contributed by atoms with Crippen LogP contribution in [0.3, 0.4) is 0 Å². The van der Waals surface area contributed by atoms with E-state index in [1.165, 1.54) is 5.56 Å². The van der Waals surface area contributed by atoms with Crippen molar-refractivity contribution < 1.29 is 14.3 Å². The fourth-order valence-corrected chi connectivity index (χ4v) is 5.38. The molecule has 182 valence electrons. The lowest BCUT2D eigenvalue weighted by molar-refractivity contribution is 0.0934. The summed E-state index contributed by atoms with van der Waals surface area (Å²) in [5, 5.41) is 3.09. The number of Topliss-reactive ketones (excluding diaryl/α,β-unsaturated/α-hetero) is 1. The van der Waals surface area contributed by atoms with Crippen LogP contribution in [-0.4, -0.2) is 67.2 Å². The highest BCUT2D eigenvalue weighted by atomic mass is 32.1. The molecule has 0 radical (unpaired) electrons. The number of hydrogen-bond acceptors (Lipinski definition) is 7. The van der Waals surface area contributed by atoms with Gasteiger partial charge in [-0.15, -0.1) is 11.3 Å². The smallest absolute Gasteiger partial charge is 0.185 e. The van der Waals surface area contributed by atoms with Crippen molar-refractivity contribution in [3.63, 3.8) is 0 Å². The third-order valence-corrected chi connectivity index (χ3v) is 7.42. The van der Waals surface area contributed by atoms with Crippen LogP contribution in [0.15, 0.2) is 35.8 Å². The lowest BCUT2D eigenvalue weighted by Crippen LogP contribution is -2.34. The lowest BCUT2D eigenvalue weighted by atomic mass is 10.1. The Morgan fingerprint density at radius 3 is 2.62 bits per heavy atom. The molecule has 1 aliphatic rings. The van der Waals surface area contributed by atoms with Crippen molar-refractivity contribution in [2.75, 3.05) is 51.8 Å². The van der Waals surface area contributed by atoms with Gasteiger partial charge in [-0.3, -0.25) is 9.69 Å². The summed E-state index contributed by atoms with van der Waals surface area (Å²) in [4.78, 5) is 22.3. The average molecular weight is 483 g/mol. The van der Waals surface area contributed by atoms with E-state index >= 15 is 0 Å². The standard InChI is InChI=1S/C26H34N4O3S/c1-19-16-22(20(2)30(19)12-8-21-6-7-24(32-3)25(17-21)33-4)23(31)18-28-10-5-11-29(14-13-28)26-27-9-15-34-26/h6-7,9,15-17H,5,8,10-14,18H2,1-4H3. The first-order valence-corrected chi connectivity index (χ1v) is 12.7. The maximum absolute atomic E-state index is 13.2. The number of ether oxygens (including phenoxy) is 2. The van der Waals surface area contributed by atoms with Gasteiger partial charge in [-0.25, -0.2) is 4.98 Å². The summed E-state index contributed by atoms with van der Waals surface area (Å²) in [5.41, 5.74) is 4.17. The minimum atomic E-state index is 0.202. The fourth-order valence-electron chi connectivity index (χ4n) is 4.69. The van der Waals surface area contributed by atoms with Crippen molar-refractivity contribution in [2.45, 2.75) is 33.2 Å². The van der Waals surface area contributed by atoms with Gasteiger partial charge in [0.25, 0.3) is 0 Å². The van der Waals surface area contributed by atoms with Gasteiger partial charge < -0.3 is 18.9 Å². The predicted octanol–water partition coefficient (Wildman–Crippen LogP) is 4.22. The number of anilines is 1. The van der Waals surface area contributed by atoms with E-state index in [4.69, 9.17) is 9.47 Å². The number of ketones is 1. The second-order valence-electron chi connectivity index (χ2n) is 8.73. The molecule has 7 nitrogen and oxygen atoms in total. The van der Waals surface area contributed by atoms with Gasteiger partial charge in [-0.2, -0.15) is 0 Å². The van der Waals surface area contributed by atoms with Crippen LogP contribution < -0.4 is 14.4 Å². The molecule has 34 heavy (non-hydrogen) atoms. The fraction of sp³-hybridized carbons (Fsp3) is 0.462. The first-order valence-electron chi connectivity index (χ1n) is 11.8. The minimum Gasteiger partial charge on any atom is -0.493 e. The van der Waals surface area contributed by atoms with Gasteiger partial charge in [0.15, 0.2) is 22.4 Å². The minimum absolute atomic E-state index is 0.202. The summed E-state index contributed by atoms with van der Waals surface area (Å²) in [7, 11) is 3.30. The predicted molar refractivity (Wildman–Crippen MR) is 137 cm³/mol. The normalized spacial score (nSPS) is 14.8. The van der Waals surface area contributed by atoms with E-state index in [9.17, 15) is 4.79 Å². The summed E-state index contributed by atoms with van der Waals surface area (Å²) >= 11 is 1.68. The zero-order valence-electron chi connectivity index (χ0n) is 20.5. The van der Waals surface area contributed by atoms with Gasteiger partial charge in [-0.1, -0.05) is 6.07 Å². The van der Waals surface area contributed by atoms with E-state index in [-0.39, 0.29) is 5.78 Å².